The zero-order chi connectivity index (χ0) is 20.4. The molecule has 1 amide bonds. The van der Waals surface area contributed by atoms with Crippen molar-refractivity contribution in [2.75, 3.05) is 0 Å². The molecule has 148 valence electrons. The summed E-state index contributed by atoms with van der Waals surface area (Å²) in [6.07, 6.45) is 0.383. The van der Waals surface area contributed by atoms with Gasteiger partial charge in [-0.15, -0.1) is 0 Å². The van der Waals surface area contributed by atoms with Gasteiger partial charge in [0, 0.05) is 12.0 Å². The molecular weight excluding hydrogens is 368 g/mol. The molecule has 7 nitrogen and oxygen atoms in total. The van der Waals surface area contributed by atoms with Gasteiger partial charge in [-0.1, -0.05) is 64.9 Å². The fourth-order valence-corrected chi connectivity index (χ4v) is 3.20. The van der Waals surface area contributed by atoms with Gasteiger partial charge in [-0.05, 0) is 31.9 Å². The van der Waals surface area contributed by atoms with Crippen LogP contribution in [0.5, 0.6) is 0 Å². The molecule has 1 aromatic heterocycles. The summed E-state index contributed by atoms with van der Waals surface area (Å²) in [5.74, 6) is 0.551. The molecule has 2 aromatic carbocycles. The van der Waals surface area contributed by atoms with Crippen LogP contribution in [0.3, 0.4) is 0 Å². The van der Waals surface area contributed by atoms with E-state index in [1.165, 1.54) is 0 Å². The van der Waals surface area contributed by atoms with Gasteiger partial charge in [0.25, 0.3) is 5.91 Å². The molecule has 7 heteroatoms. The first kappa shape index (κ1) is 18.9. The van der Waals surface area contributed by atoms with Crippen LogP contribution in [0.4, 0.5) is 0 Å². The topological polar surface area (TPSA) is 89.6 Å². The third-order valence-corrected chi connectivity index (χ3v) is 5.00. The summed E-state index contributed by atoms with van der Waals surface area (Å²) in [6.45, 7) is 5.50. The van der Waals surface area contributed by atoms with Crippen LogP contribution in [0.25, 0.3) is 11.4 Å². The Morgan fingerprint density at radius 3 is 2.62 bits per heavy atom. The van der Waals surface area contributed by atoms with Crippen LogP contribution in [0, 0.1) is 6.92 Å². The Morgan fingerprint density at radius 2 is 1.86 bits per heavy atom. The van der Waals surface area contributed by atoms with E-state index >= 15 is 0 Å². The molecule has 0 radical (unpaired) electrons. The molecule has 0 aliphatic carbocycles. The number of aryl methyl sites for hydroxylation is 1. The zero-order valence-corrected chi connectivity index (χ0v) is 16.5. The van der Waals surface area contributed by atoms with E-state index < -0.39 is 11.6 Å². The number of hydrogen-bond acceptors (Lipinski definition) is 6. The molecule has 0 bridgehead atoms. The number of oxime groups is 1. The summed E-state index contributed by atoms with van der Waals surface area (Å²) in [4.78, 5) is 22.8. The molecule has 0 fully saturated rings. The number of nitrogens with zero attached hydrogens (tertiary/aromatic N) is 3. The van der Waals surface area contributed by atoms with Crippen molar-refractivity contribution in [2.24, 2.45) is 5.16 Å². The lowest BCUT2D eigenvalue weighted by Crippen LogP contribution is -2.45. The van der Waals surface area contributed by atoms with Crippen LogP contribution < -0.4 is 5.32 Å². The normalized spacial score (nSPS) is 19.3. The molecule has 2 atom stereocenters. The van der Waals surface area contributed by atoms with Gasteiger partial charge in [-0.3, -0.25) is 4.79 Å². The maximum atomic E-state index is 12.9. The largest absolute Gasteiger partial charge is 0.379 e. The minimum absolute atomic E-state index is 0.282. The van der Waals surface area contributed by atoms with E-state index in [2.05, 4.69) is 20.6 Å². The summed E-state index contributed by atoms with van der Waals surface area (Å²) in [6, 6.07) is 17.0. The van der Waals surface area contributed by atoms with Crippen LogP contribution in [0.15, 0.2) is 64.3 Å². The van der Waals surface area contributed by atoms with Crippen LogP contribution in [0.1, 0.15) is 43.3 Å². The first-order valence-electron chi connectivity index (χ1n) is 9.47. The highest BCUT2D eigenvalue weighted by Gasteiger charge is 2.43. The average Bonchev–Trinajstić information content (AvgIpc) is 3.37. The molecule has 0 saturated carbocycles. The maximum Gasteiger partial charge on any atom is 0.267 e. The average molecular weight is 390 g/mol. The Bertz CT molecular complexity index is 1060. The molecule has 0 spiro atoms. The molecule has 1 N–H and O–H groups in total. The number of nitrogens with one attached hydrogen (secondary N) is 1. The van der Waals surface area contributed by atoms with Crippen LogP contribution in [0.2, 0.25) is 0 Å². The number of carbonyl (C=O) groups excluding carboxylic acids is 1. The smallest absolute Gasteiger partial charge is 0.267 e. The number of carbonyl (C=O) groups is 1. The Morgan fingerprint density at radius 1 is 1.14 bits per heavy atom. The molecule has 29 heavy (non-hydrogen) atoms. The maximum absolute atomic E-state index is 12.9. The summed E-state index contributed by atoms with van der Waals surface area (Å²) in [7, 11) is 0. The second-order valence-electron chi connectivity index (χ2n) is 7.37. The molecule has 0 unspecified atom stereocenters. The van der Waals surface area contributed by atoms with E-state index in [0.29, 0.717) is 18.1 Å². The summed E-state index contributed by atoms with van der Waals surface area (Å²) < 4.78 is 5.38. The highest BCUT2D eigenvalue weighted by atomic mass is 16.7. The number of benzene rings is 2. The van der Waals surface area contributed by atoms with E-state index in [1.54, 1.807) is 13.8 Å². The van der Waals surface area contributed by atoms with E-state index in [1.807, 2.05) is 61.5 Å². The van der Waals surface area contributed by atoms with Crippen LogP contribution in [-0.4, -0.2) is 27.4 Å². The molecule has 1 aliphatic heterocycles. The van der Waals surface area contributed by atoms with Crippen molar-refractivity contribution < 1.29 is 14.2 Å². The monoisotopic (exact) mass is 390 g/mol. The highest BCUT2D eigenvalue weighted by Crippen LogP contribution is 2.28. The molecule has 2 heterocycles. The summed E-state index contributed by atoms with van der Waals surface area (Å²) >= 11 is 0. The van der Waals surface area contributed by atoms with Crippen molar-refractivity contribution in [3.63, 3.8) is 0 Å². The molecular formula is C22H22N4O3. The fourth-order valence-electron chi connectivity index (χ4n) is 3.20. The molecule has 3 aromatic rings. The Balaban J connectivity index is 1.43. The Labute approximate surface area is 168 Å². The minimum atomic E-state index is -1.09. The van der Waals surface area contributed by atoms with Gasteiger partial charge in [0.05, 0.1) is 5.71 Å². The molecule has 0 saturated heterocycles. The lowest BCUT2D eigenvalue weighted by Gasteiger charge is -2.22. The van der Waals surface area contributed by atoms with Gasteiger partial charge >= 0.3 is 0 Å². The molecule has 1 aliphatic rings. The van der Waals surface area contributed by atoms with Gasteiger partial charge in [0.2, 0.25) is 17.3 Å². The summed E-state index contributed by atoms with van der Waals surface area (Å²) in [5, 5.41) is 11.1. The lowest BCUT2D eigenvalue weighted by molar-refractivity contribution is -0.142. The van der Waals surface area contributed by atoms with Crippen molar-refractivity contribution in [2.45, 2.75) is 38.8 Å². The number of aromatic nitrogens is 2. The predicted octanol–water partition coefficient (Wildman–Crippen LogP) is 3.81. The second-order valence-corrected chi connectivity index (χ2v) is 7.37. The first-order valence-corrected chi connectivity index (χ1v) is 9.47. The quantitative estimate of drug-likeness (QED) is 0.716. The van der Waals surface area contributed by atoms with Gasteiger partial charge < -0.3 is 14.7 Å². The van der Waals surface area contributed by atoms with Crippen molar-refractivity contribution in [3.05, 3.63) is 71.6 Å². The zero-order valence-electron chi connectivity index (χ0n) is 16.5. The number of hydrogen-bond donors (Lipinski definition) is 1. The van der Waals surface area contributed by atoms with E-state index in [9.17, 15) is 4.79 Å². The predicted molar refractivity (Wildman–Crippen MR) is 108 cm³/mol. The number of amides is 1. The van der Waals surface area contributed by atoms with Gasteiger partial charge in [-0.25, -0.2) is 0 Å². The first-order chi connectivity index (χ1) is 14.0. The third kappa shape index (κ3) is 3.76. The van der Waals surface area contributed by atoms with Gasteiger partial charge in [0.1, 0.15) is 6.04 Å². The van der Waals surface area contributed by atoms with Crippen LogP contribution >= 0.6 is 0 Å². The van der Waals surface area contributed by atoms with E-state index in [-0.39, 0.29) is 5.91 Å². The second kappa shape index (κ2) is 7.50. The van der Waals surface area contributed by atoms with Gasteiger partial charge in [0.15, 0.2) is 0 Å². The van der Waals surface area contributed by atoms with Crippen molar-refractivity contribution in [1.29, 1.82) is 0 Å². The van der Waals surface area contributed by atoms with E-state index in [0.717, 1.165) is 22.4 Å². The summed E-state index contributed by atoms with van der Waals surface area (Å²) in [5.41, 5.74) is 2.55. The van der Waals surface area contributed by atoms with Crippen LogP contribution in [-0.2, 0) is 9.63 Å². The number of rotatable bonds is 5. The van der Waals surface area contributed by atoms with E-state index in [4.69, 9.17) is 9.36 Å². The highest BCUT2D eigenvalue weighted by molar-refractivity contribution is 6.05. The lowest BCUT2D eigenvalue weighted by atomic mass is 9.95. The van der Waals surface area contributed by atoms with Crippen molar-refractivity contribution in [1.82, 2.24) is 15.5 Å². The fraction of sp³-hybridized carbons (Fsp3) is 0.273. The van der Waals surface area contributed by atoms with Gasteiger partial charge in [-0.2, -0.15) is 4.98 Å². The minimum Gasteiger partial charge on any atom is -0.379 e. The molecule has 4 rings (SSSR count). The standard InChI is InChI=1S/C22H22N4O3/c1-14-9-7-8-12-17(14)19-24-20(28-26-19)15(2)23-21(27)22(3)13-18(25-29-22)16-10-5-4-6-11-16/h4-12,15H,13H2,1-3H3,(H,23,27)/t15-,22+/m0/s1. The third-order valence-electron chi connectivity index (χ3n) is 5.00. The van der Waals surface area contributed by atoms with Crippen molar-refractivity contribution >= 4 is 11.6 Å². The van der Waals surface area contributed by atoms with Crippen molar-refractivity contribution in [3.8, 4) is 11.4 Å². The Kier molecular flexibility index (Phi) is 4.88. The Hall–Kier alpha value is -3.48. The SMILES string of the molecule is Cc1ccccc1-c1noc([C@H](C)NC(=O)[C@@]2(C)CC(c3ccccc3)=NO2)n1.